The second kappa shape index (κ2) is 4.87. The molecule has 0 bridgehead atoms. The smallest absolute Gasteiger partial charge is 0.147 e. The van der Waals surface area contributed by atoms with Crippen molar-refractivity contribution in [1.29, 1.82) is 0 Å². The van der Waals surface area contributed by atoms with Crippen molar-refractivity contribution in [3.63, 3.8) is 0 Å². The summed E-state index contributed by atoms with van der Waals surface area (Å²) in [6.45, 7) is 13.4. The molecule has 5 heteroatoms. The third-order valence-electron chi connectivity index (χ3n) is 4.44. The summed E-state index contributed by atoms with van der Waals surface area (Å²) < 4.78 is 2.32. The van der Waals surface area contributed by atoms with Gasteiger partial charge in [0.25, 0.3) is 0 Å². The Labute approximate surface area is 115 Å². The molecule has 0 spiro atoms. The lowest BCUT2D eigenvalue weighted by atomic mass is 9.89. The van der Waals surface area contributed by atoms with Gasteiger partial charge in [-0.1, -0.05) is 20.8 Å². The zero-order valence-electron chi connectivity index (χ0n) is 12.3. The molecule has 1 aromatic rings. The van der Waals surface area contributed by atoms with E-state index in [2.05, 4.69) is 45.8 Å². The molecule has 1 aromatic heterocycles. The molecule has 1 atom stereocenters. The lowest BCUT2D eigenvalue weighted by molar-refractivity contribution is 0.143. The number of rotatable bonds is 3. The molecule has 2 aliphatic heterocycles. The second-order valence-corrected chi connectivity index (χ2v) is 6.73. The van der Waals surface area contributed by atoms with Crippen LogP contribution in [0.25, 0.3) is 0 Å². The maximum Gasteiger partial charge on any atom is 0.147 e. The average Bonchev–Trinajstić information content (AvgIpc) is 2.95. The molecule has 106 valence electrons. The molecule has 0 radical (unpaired) electrons. The van der Waals surface area contributed by atoms with Gasteiger partial charge in [-0.05, 0) is 18.4 Å². The zero-order valence-corrected chi connectivity index (χ0v) is 12.3. The highest BCUT2D eigenvalue weighted by atomic mass is 15.3. The molecule has 0 saturated carbocycles. The molecule has 1 unspecified atom stereocenters. The van der Waals surface area contributed by atoms with Crippen molar-refractivity contribution in [2.45, 2.75) is 46.2 Å². The quantitative estimate of drug-likeness (QED) is 0.890. The Morgan fingerprint density at radius 2 is 2.16 bits per heavy atom. The first-order chi connectivity index (χ1) is 9.07. The van der Waals surface area contributed by atoms with E-state index in [1.165, 1.54) is 13.0 Å². The van der Waals surface area contributed by atoms with Gasteiger partial charge in [0.05, 0.1) is 6.54 Å². The summed E-state index contributed by atoms with van der Waals surface area (Å²) in [4.78, 5) is 2.54. The van der Waals surface area contributed by atoms with Gasteiger partial charge in [0.1, 0.15) is 11.6 Å². The molecular formula is C14H25N5. The first kappa shape index (κ1) is 13.1. The Balaban J connectivity index is 1.69. The predicted molar refractivity (Wildman–Crippen MR) is 75.0 cm³/mol. The molecular weight excluding hydrogens is 238 g/mol. The van der Waals surface area contributed by atoms with Crippen molar-refractivity contribution in [1.82, 2.24) is 25.0 Å². The van der Waals surface area contributed by atoms with Gasteiger partial charge in [-0.25, -0.2) is 0 Å². The van der Waals surface area contributed by atoms with Crippen LogP contribution in [0, 0.1) is 5.41 Å². The minimum absolute atomic E-state index is 0.434. The number of hydrogen-bond acceptors (Lipinski definition) is 4. The van der Waals surface area contributed by atoms with Crippen molar-refractivity contribution in [2.75, 3.05) is 26.2 Å². The molecule has 0 aliphatic carbocycles. The number of nitrogens with zero attached hydrogens (tertiary/aromatic N) is 4. The van der Waals surface area contributed by atoms with E-state index in [1.54, 1.807) is 0 Å². The summed E-state index contributed by atoms with van der Waals surface area (Å²) in [6, 6.07) is 0. The van der Waals surface area contributed by atoms with E-state index in [0.29, 0.717) is 11.3 Å². The third-order valence-corrected chi connectivity index (χ3v) is 4.44. The largest absolute Gasteiger partial charge is 0.316 e. The highest BCUT2D eigenvalue weighted by Crippen LogP contribution is 2.27. The van der Waals surface area contributed by atoms with Gasteiger partial charge in [-0.15, -0.1) is 10.2 Å². The fraction of sp³-hybridized carbons (Fsp3) is 0.857. The molecule has 1 saturated heterocycles. The first-order valence-corrected chi connectivity index (χ1v) is 7.42. The van der Waals surface area contributed by atoms with Crippen LogP contribution < -0.4 is 5.32 Å². The molecule has 19 heavy (non-hydrogen) atoms. The first-order valence-electron chi connectivity index (χ1n) is 7.42. The summed E-state index contributed by atoms with van der Waals surface area (Å²) in [5.74, 6) is 2.75. The Morgan fingerprint density at radius 3 is 2.84 bits per heavy atom. The number of hydrogen-bond donors (Lipinski definition) is 1. The van der Waals surface area contributed by atoms with Gasteiger partial charge in [-0.3, -0.25) is 4.90 Å². The fourth-order valence-corrected chi connectivity index (χ4v) is 3.34. The van der Waals surface area contributed by atoms with Crippen LogP contribution in [0.15, 0.2) is 0 Å². The predicted octanol–water partition coefficient (Wildman–Crippen LogP) is 1.22. The van der Waals surface area contributed by atoms with Crippen LogP contribution in [-0.2, 0) is 13.1 Å². The molecule has 1 fully saturated rings. The van der Waals surface area contributed by atoms with Gasteiger partial charge in [0, 0.05) is 32.1 Å². The molecule has 0 amide bonds. The summed E-state index contributed by atoms with van der Waals surface area (Å²) >= 11 is 0. The van der Waals surface area contributed by atoms with Crippen molar-refractivity contribution < 1.29 is 0 Å². The summed E-state index contributed by atoms with van der Waals surface area (Å²) in [7, 11) is 0. The SMILES string of the molecule is CC(C)c1nnc2n1CCN(CC1(C)CCNC1)C2. The number of aromatic nitrogens is 3. The van der Waals surface area contributed by atoms with Gasteiger partial charge >= 0.3 is 0 Å². The molecule has 1 N–H and O–H groups in total. The number of fused-ring (bicyclic) bond motifs is 1. The van der Waals surface area contributed by atoms with E-state index in [0.717, 1.165) is 44.4 Å². The summed E-state index contributed by atoms with van der Waals surface area (Å²) in [6.07, 6.45) is 1.29. The lowest BCUT2D eigenvalue weighted by Gasteiger charge is -2.34. The van der Waals surface area contributed by atoms with E-state index < -0.39 is 0 Å². The van der Waals surface area contributed by atoms with Crippen LogP contribution in [0.1, 0.15) is 44.8 Å². The Morgan fingerprint density at radius 1 is 1.32 bits per heavy atom. The topological polar surface area (TPSA) is 46.0 Å². The molecule has 3 heterocycles. The summed E-state index contributed by atoms with van der Waals surface area (Å²) in [5.41, 5.74) is 0.434. The second-order valence-electron chi connectivity index (χ2n) is 6.73. The van der Waals surface area contributed by atoms with Crippen LogP contribution in [0.2, 0.25) is 0 Å². The maximum atomic E-state index is 4.38. The maximum absolute atomic E-state index is 4.38. The standard InChI is InChI=1S/C14H25N5/c1-11(2)13-17-16-12-8-18(6-7-19(12)13)10-14(3)4-5-15-9-14/h11,15H,4-10H2,1-3H3. The Hall–Kier alpha value is -0.940. The molecule has 3 rings (SSSR count). The van der Waals surface area contributed by atoms with Crippen molar-refractivity contribution in [3.8, 4) is 0 Å². The van der Waals surface area contributed by atoms with Crippen molar-refractivity contribution in [2.24, 2.45) is 5.41 Å². The minimum atomic E-state index is 0.434. The van der Waals surface area contributed by atoms with Gasteiger partial charge < -0.3 is 9.88 Å². The number of nitrogens with one attached hydrogen (secondary N) is 1. The average molecular weight is 263 g/mol. The fourth-order valence-electron chi connectivity index (χ4n) is 3.34. The van der Waals surface area contributed by atoms with Crippen LogP contribution in [-0.4, -0.2) is 45.8 Å². The normalized spacial score (nSPS) is 28.0. The summed E-state index contributed by atoms with van der Waals surface area (Å²) in [5, 5.41) is 12.2. The third kappa shape index (κ3) is 2.54. The van der Waals surface area contributed by atoms with E-state index in [-0.39, 0.29) is 0 Å². The lowest BCUT2D eigenvalue weighted by Crippen LogP contribution is -2.42. The van der Waals surface area contributed by atoms with Crippen molar-refractivity contribution >= 4 is 0 Å². The van der Waals surface area contributed by atoms with Gasteiger partial charge in [0.15, 0.2) is 0 Å². The van der Waals surface area contributed by atoms with E-state index in [4.69, 9.17) is 0 Å². The Kier molecular flexibility index (Phi) is 3.35. The van der Waals surface area contributed by atoms with Crippen molar-refractivity contribution in [3.05, 3.63) is 11.6 Å². The van der Waals surface area contributed by atoms with Crippen LogP contribution >= 0.6 is 0 Å². The molecule has 2 aliphatic rings. The van der Waals surface area contributed by atoms with E-state index in [9.17, 15) is 0 Å². The zero-order chi connectivity index (χ0) is 13.5. The highest BCUT2D eigenvalue weighted by Gasteiger charge is 2.32. The van der Waals surface area contributed by atoms with E-state index >= 15 is 0 Å². The minimum Gasteiger partial charge on any atom is -0.316 e. The van der Waals surface area contributed by atoms with Gasteiger partial charge in [0.2, 0.25) is 0 Å². The van der Waals surface area contributed by atoms with Crippen LogP contribution in [0.5, 0.6) is 0 Å². The Bertz CT molecular complexity index is 445. The monoisotopic (exact) mass is 263 g/mol. The van der Waals surface area contributed by atoms with Gasteiger partial charge in [-0.2, -0.15) is 0 Å². The van der Waals surface area contributed by atoms with Crippen LogP contribution in [0.4, 0.5) is 0 Å². The molecule has 5 nitrogen and oxygen atoms in total. The van der Waals surface area contributed by atoms with Crippen LogP contribution in [0.3, 0.4) is 0 Å². The van der Waals surface area contributed by atoms with E-state index in [1.807, 2.05) is 0 Å². The highest BCUT2D eigenvalue weighted by molar-refractivity contribution is 5.03. The molecule has 0 aromatic carbocycles.